The highest BCUT2D eigenvalue weighted by Crippen LogP contribution is 2.30. The molecule has 3 N–H and O–H groups in total. The fourth-order valence-electron chi connectivity index (χ4n) is 3.67. The average Bonchev–Trinajstić information content (AvgIpc) is 3.20. The Morgan fingerprint density at radius 2 is 1.84 bits per heavy atom. The first kappa shape index (κ1) is 20.7. The lowest BCUT2D eigenvalue weighted by molar-refractivity contribution is -0.136. The van der Waals surface area contributed by atoms with Crippen molar-refractivity contribution >= 4 is 16.9 Å². The summed E-state index contributed by atoms with van der Waals surface area (Å²) in [7, 11) is 0. The van der Waals surface area contributed by atoms with Crippen molar-refractivity contribution < 1.29 is 19.1 Å². The Morgan fingerprint density at radius 3 is 2.61 bits per heavy atom. The van der Waals surface area contributed by atoms with E-state index in [1.165, 1.54) is 0 Å². The second kappa shape index (κ2) is 9.06. The molecule has 4 aromatic rings. The smallest absolute Gasteiger partial charge is 0.307 e. The molecule has 0 aliphatic heterocycles. The molecule has 0 saturated carbocycles. The maximum Gasteiger partial charge on any atom is 0.307 e. The molecule has 0 radical (unpaired) electrons. The number of carboxylic acids is 1. The molecule has 0 atom stereocenters. The molecule has 0 amide bonds. The van der Waals surface area contributed by atoms with Gasteiger partial charge in [0.15, 0.2) is 0 Å². The molecule has 31 heavy (non-hydrogen) atoms. The summed E-state index contributed by atoms with van der Waals surface area (Å²) in [6, 6.07) is 19.9. The summed E-state index contributed by atoms with van der Waals surface area (Å²) in [5.41, 5.74) is 12.5. The molecule has 1 aromatic heterocycles. The SMILES string of the molecule is CCc1ccc(CC(=O)O)c(OCc2coc3ccc(-c4cccc(CN)c4)cc23)c1. The monoisotopic (exact) mass is 415 g/mol. The van der Waals surface area contributed by atoms with Gasteiger partial charge in [0, 0.05) is 23.1 Å². The highest BCUT2D eigenvalue weighted by Gasteiger charge is 2.12. The first-order valence-corrected chi connectivity index (χ1v) is 10.3. The van der Waals surface area contributed by atoms with Crippen LogP contribution in [0.25, 0.3) is 22.1 Å². The number of furan rings is 1. The summed E-state index contributed by atoms with van der Waals surface area (Å²) in [6.45, 7) is 2.84. The summed E-state index contributed by atoms with van der Waals surface area (Å²) < 4.78 is 11.8. The molecule has 5 nitrogen and oxygen atoms in total. The Balaban J connectivity index is 1.63. The van der Waals surface area contributed by atoms with E-state index in [0.29, 0.717) is 24.5 Å². The lowest BCUT2D eigenvalue weighted by Crippen LogP contribution is -2.04. The fourth-order valence-corrected chi connectivity index (χ4v) is 3.67. The van der Waals surface area contributed by atoms with E-state index in [-0.39, 0.29) is 6.42 Å². The van der Waals surface area contributed by atoms with Crippen LogP contribution in [-0.2, 0) is 30.8 Å². The molecule has 5 heteroatoms. The van der Waals surface area contributed by atoms with Gasteiger partial charge in [-0.2, -0.15) is 0 Å². The summed E-state index contributed by atoms with van der Waals surface area (Å²) in [5, 5.41) is 10.2. The first-order valence-electron chi connectivity index (χ1n) is 10.3. The van der Waals surface area contributed by atoms with Crippen LogP contribution in [0.5, 0.6) is 5.75 Å². The van der Waals surface area contributed by atoms with Crippen molar-refractivity contribution in [3.63, 3.8) is 0 Å². The topological polar surface area (TPSA) is 85.7 Å². The number of fused-ring (bicyclic) bond motifs is 1. The predicted octanol–water partition coefficient (Wildman–Crippen LogP) is 5.33. The molecule has 3 aromatic carbocycles. The van der Waals surface area contributed by atoms with Gasteiger partial charge in [0.05, 0.1) is 12.7 Å². The predicted molar refractivity (Wildman–Crippen MR) is 121 cm³/mol. The van der Waals surface area contributed by atoms with E-state index < -0.39 is 5.97 Å². The molecule has 0 aliphatic rings. The second-order valence-electron chi connectivity index (χ2n) is 7.53. The van der Waals surface area contributed by atoms with Crippen LogP contribution in [0.15, 0.2) is 71.3 Å². The van der Waals surface area contributed by atoms with Gasteiger partial charge in [0.1, 0.15) is 17.9 Å². The van der Waals surface area contributed by atoms with Crippen LogP contribution in [0.1, 0.15) is 29.2 Å². The maximum absolute atomic E-state index is 11.2. The van der Waals surface area contributed by atoms with E-state index in [1.54, 1.807) is 6.26 Å². The number of aryl methyl sites for hydroxylation is 1. The lowest BCUT2D eigenvalue weighted by Gasteiger charge is -2.12. The molecule has 0 bridgehead atoms. The molecule has 0 saturated heterocycles. The van der Waals surface area contributed by atoms with Crippen molar-refractivity contribution in [2.45, 2.75) is 32.9 Å². The van der Waals surface area contributed by atoms with E-state index in [1.807, 2.05) is 42.5 Å². The van der Waals surface area contributed by atoms with Crippen LogP contribution in [0.2, 0.25) is 0 Å². The van der Waals surface area contributed by atoms with Crippen LogP contribution in [-0.4, -0.2) is 11.1 Å². The minimum Gasteiger partial charge on any atom is -0.488 e. The minimum atomic E-state index is -0.882. The molecule has 0 aliphatic carbocycles. The van der Waals surface area contributed by atoms with Gasteiger partial charge in [-0.05, 0) is 52.9 Å². The zero-order chi connectivity index (χ0) is 21.8. The zero-order valence-electron chi connectivity index (χ0n) is 17.4. The van der Waals surface area contributed by atoms with E-state index in [9.17, 15) is 9.90 Å². The van der Waals surface area contributed by atoms with Crippen LogP contribution in [0.4, 0.5) is 0 Å². The number of benzene rings is 3. The zero-order valence-corrected chi connectivity index (χ0v) is 17.4. The van der Waals surface area contributed by atoms with Crippen LogP contribution in [0.3, 0.4) is 0 Å². The summed E-state index contributed by atoms with van der Waals surface area (Å²) in [5.74, 6) is -0.282. The summed E-state index contributed by atoms with van der Waals surface area (Å²) in [6.07, 6.45) is 2.47. The second-order valence-corrected chi connectivity index (χ2v) is 7.53. The number of hydrogen-bond acceptors (Lipinski definition) is 4. The number of hydrogen-bond donors (Lipinski definition) is 2. The molecule has 0 spiro atoms. The molecular formula is C26H25NO4. The van der Waals surface area contributed by atoms with Crippen molar-refractivity contribution in [2.75, 3.05) is 0 Å². The Labute approximate surface area is 181 Å². The van der Waals surface area contributed by atoms with Gasteiger partial charge < -0.3 is 20.0 Å². The number of carboxylic acid groups (broad SMARTS) is 1. The van der Waals surface area contributed by atoms with Gasteiger partial charge in [-0.25, -0.2) is 0 Å². The van der Waals surface area contributed by atoms with Crippen molar-refractivity contribution in [2.24, 2.45) is 5.73 Å². The van der Waals surface area contributed by atoms with Gasteiger partial charge in [0.2, 0.25) is 0 Å². The van der Waals surface area contributed by atoms with E-state index in [0.717, 1.165) is 45.2 Å². The molecule has 4 rings (SSSR count). The third kappa shape index (κ3) is 4.62. The largest absolute Gasteiger partial charge is 0.488 e. The van der Waals surface area contributed by atoms with Crippen LogP contribution in [0, 0.1) is 0 Å². The van der Waals surface area contributed by atoms with E-state index in [2.05, 4.69) is 25.1 Å². The molecule has 0 fully saturated rings. The maximum atomic E-state index is 11.2. The highest BCUT2D eigenvalue weighted by molar-refractivity contribution is 5.86. The van der Waals surface area contributed by atoms with Gasteiger partial charge >= 0.3 is 5.97 Å². The van der Waals surface area contributed by atoms with Crippen molar-refractivity contribution in [1.82, 2.24) is 0 Å². The van der Waals surface area contributed by atoms with Crippen molar-refractivity contribution in [3.8, 4) is 16.9 Å². The van der Waals surface area contributed by atoms with Gasteiger partial charge in [0.25, 0.3) is 0 Å². The van der Waals surface area contributed by atoms with Gasteiger partial charge in [-0.1, -0.05) is 43.3 Å². The number of carbonyl (C=O) groups is 1. The molecule has 158 valence electrons. The Kier molecular flexibility index (Phi) is 6.05. The van der Waals surface area contributed by atoms with Crippen molar-refractivity contribution in [1.29, 1.82) is 0 Å². The normalized spacial score (nSPS) is 11.0. The van der Waals surface area contributed by atoms with Gasteiger partial charge in [-0.3, -0.25) is 4.79 Å². The van der Waals surface area contributed by atoms with Crippen LogP contribution >= 0.6 is 0 Å². The Hall–Kier alpha value is -3.57. The summed E-state index contributed by atoms with van der Waals surface area (Å²) >= 11 is 0. The number of nitrogens with two attached hydrogens (primary N) is 1. The third-order valence-electron chi connectivity index (χ3n) is 5.41. The fraction of sp³-hybridized carbons (Fsp3) is 0.192. The number of ether oxygens (including phenoxy) is 1. The lowest BCUT2D eigenvalue weighted by atomic mass is 10.0. The number of aliphatic carboxylic acids is 1. The molecule has 0 unspecified atom stereocenters. The first-order chi connectivity index (χ1) is 15.1. The quantitative estimate of drug-likeness (QED) is 0.406. The van der Waals surface area contributed by atoms with Crippen molar-refractivity contribution in [3.05, 3.63) is 89.2 Å². The van der Waals surface area contributed by atoms with E-state index in [4.69, 9.17) is 14.9 Å². The average molecular weight is 415 g/mol. The van der Waals surface area contributed by atoms with Crippen LogP contribution < -0.4 is 10.5 Å². The molecular weight excluding hydrogens is 390 g/mol. The Morgan fingerprint density at radius 1 is 1.00 bits per heavy atom. The van der Waals surface area contributed by atoms with Gasteiger partial charge in [-0.15, -0.1) is 0 Å². The minimum absolute atomic E-state index is 0.0763. The summed E-state index contributed by atoms with van der Waals surface area (Å²) in [4.78, 5) is 11.2. The third-order valence-corrected chi connectivity index (χ3v) is 5.41. The Bertz CT molecular complexity index is 1230. The number of rotatable bonds is 8. The van der Waals surface area contributed by atoms with E-state index >= 15 is 0 Å². The molecule has 1 heterocycles. The highest BCUT2D eigenvalue weighted by atomic mass is 16.5. The standard InChI is InChI=1S/C26H25NO4/c1-2-17-6-7-21(13-26(28)29)25(11-17)31-16-22-15-30-24-9-8-20(12-23(22)24)19-5-3-4-18(10-19)14-27/h3-12,15H,2,13-14,16,27H2,1H3,(H,28,29).